The minimum atomic E-state index is -0.331. The molecular weight excluding hydrogens is 551 g/mol. The highest BCUT2D eigenvalue weighted by Gasteiger charge is 2.23. The Balaban J connectivity index is 1.42. The Morgan fingerprint density at radius 3 is 2.73 bits per heavy atom. The summed E-state index contributed by atoms with van der Waals surface area (Å²) in [6.07, 6.45) is 5.54. The van der Waals surface area contributed by atoms with Crippen molar-refractivity contribution in [2.75, 3.05) is 12.9 Å². The lowest BCUT2D eigenvalue weighted by Gasteiger charge is -2.14. The van der Waals surface area contributed by atoms with Crippen LogP contribution in [0.2, 0.25) is 10.0 Å². The topological polar surface area (TPSA) is 85.6 Å². The first kappa shape index (κ1) is 25.8. The summed E-state index contributed by atoms with van der Waals surface area (Å²) in [6.45, 7) is 0. The average molecular weight is 574 g/mol. The predicted octanol–water partition coefficient (Wildman–Crippen LogP) is 5.88. The number of amides is 1. The van der Waals surface area contributed by atoms with E-state index in [0.29, 0.717) is 37.6 Å². The van der Waals surface area contributed by atoms with Crippen LogP contribution < -0.4 is 15.7 Å². The monoisotopic (exact) mass is 572 g/mol. The van der Waals surface area contributed by atoms with Crippen LogP contribution in [-0.2, 0) is 17.6 Å². The van der Waals surface area contributed by atoms with Gasteiger partial charge < -0.3 is 4.74 Å². The fourth-order valence-electron chi connectivity index (χ4n) is 4.18. The molecule has 2 aromatic heterocycles. The molecule has 0 atom stereocenters. The Morgan fingerprint density at radius 1 is 1.19 bits per heavy atom. The number of nitrogens with one attached hydrogen (secondary N) is 1. The van der Waals surface area contributed by atoms with Gasteiger partial charge in [0.05, 0.1) is 40.2 Å². The van der Waals surface area contributed by atoms with E-state index in [2.05, 4.69) is 10.5 Å². The van der Waals surface area contributed by atoms with Gasteiger partial charge in [0.2, 0.25) is 0 Å². The van der Waals surface area contributed by atoms with Gasteiger partial charge in [0.15, 0.2) is 5.16 Å². The first-order valence-corrected chi connectivity index (χ1v) is 14.1. The van der Waals surface area contributed by atoms with Crippen LogP contribution in [0.3, 0.4) is 0 Å². The number of thiophene rings is 1. The Hall–Kier alpha value is -2.85. The molecule has 0 unspecified atom stereocenters. The van der Waals surface area contributed by atoms with Crippen molar-refractivity contribution in [3.05, 3.63) is 78.9 Å². The number of benzene rings is 2. The minimum absolute atomic E-state index is 0.0257. The van der Waals surface area contributed by atoms with E-state index in [9.17, 15) is 9.59 Å². The van der Waals surface area contributed by atoms with Crippen molar-refractivity contribution < 1.29 is 9.53 Å². The molecule has 5 rings (SSSR count). The fraction of sp³-hybridized carbons (Fsp3) is 0.231. The van der Waals surface area contributed by atoms with E-state index in [0.717, 1.165) is 36.1 Å². The molecule has 37 heavy (non-hydrogen) atoms. The SMILES string of the molecule is COc1ccc(-n2c(SCC(=O)NN=Cc3ccc(Cl)c(Cl)c3)nc3sc4c(c3c2=O)CCCC4)cc1. The molecule has 0 radical (unpaired) electrons. The average Bonchev–Trinajstić information content (AvgIpc) is 3.28. The quantitative estimate of drug-likeness (QED) is 0.129. The van der Waals surface area contributed by atoms with Crippen molar-refractivity contribution >= 4 is 68.6 Å². The summed E-state index contributed by atoms with van der Waals surface area (Å²) in [5.74, 6) is 0.382. The van der Waals surface area contributed by atoms with Crippen molar-refractivity contribution in [2.24, 2.45) is 5.10 Å². The predicted molar refractivity (Wildman–Crippen MR) is 151 cm³/mol. The van der Waals surface area contributed by atoms with E-state index in [4.69, 9.17) is 32.9 Å². The summed E-state index contributed by atoms with van der Waals surface area (Å²) in [7, 11) is 1.59. The zero-order chi connectivity index (χ0) is 25.9. The minimum Gasteiger partial charge on any atom is -0.497 e. The van der Waals surface area contributed by atoms with Crippen molar-refractivity contribution in [2.45, 2.75) is 30.8 Å². The molecule has 11 heteroatoms. The van der Waals surface area contributed by atoms with Crippen molar-refractivity contribution in [3.8, 4) is 11.4 Å². The number of fused-ring (bicyclic) bond motifs is 3. The Labute approximate surface area is 231 Å². The highest BCUT2D eigenvalue weighted by Crippen LogP contribution is 2.35. The smallest absolute Gasteiger partial charge is 0.267 e. The highest BCUT2D eigenvalue weighted by atomic mass is 35.5. The highest BCUT2D eigenvalue weighted by molar-refractivity contribution is 7.99. The maximum Gasteiger partial charge on any atom is 0.267 e. The van der Waals surface area contributed by atoms with Crippen molar-refractivity contribution in [1.82, 2.24) is 15.0 Å². The molecule has 0 saturated carbocycles. The van der Waals surface area contributed by atoms with Gasteiger partial charge in [0.1, 0.15) is 10.6 Å². The molecule has 0 fully saturated rings. The molecule has 190 valence electrons. The zero-order valence-electron chi connectivity index (χ0n) is 19.8. The number of nitrogens with zero attached hydrogens (tertiary/aromatic N) is 3. The molecule has 1 amide bonds. The molecule has 0 aliphatic heterocycles. The molecule has 0 bridgehead atoms. The van der Waals surface area contributed by atoms with Gasteiger partial charge >= 0.3 is 0 Å². The Bertz CT molecular complexity index is 1570. The van der Waals surface area contributed by atoms with Crippen LogP contribution in [0.25, 0.3) is 15.9 Å². The van der Waals surface area contributed by atoms with Gasteiger partial charge in [-0.25, -0.2) is 10.4 Å². The number of thioether (sulfide) groups is 1. The molecule has 0 saturated heterocycles. The normalized spacial score (nSPS) is 13.2. The number of hydrogen-bond acceptors (Lipinski definition) is 7. The third-order valence-electron chi connectivity index (χ3n) is 5.97. The second-order valence-electron chi connectivity index (χ2n) is 8.38. The van der Waals surface area contributed by atoms with E-state index in [1.165, 1.54) is 22.9 Å². The van der Waals surface area contributed by atoms with Crippen LogP contribution in [0.1, 0.15) is 28.8 Å². The van der Waals surface area contributed by atoms with Crippen molar-refractivity contribution in [1.29, 1.82) is 0 Å². The maximum atomic E-state index is 13.8. The van der Waals surface area contributed by atoms with Gasteiger partial charge in [-0.2, -0.15) is 5.10 Å². The van der Waals surface area contributed by atoms with E-state index >= 15 is 0 Å². The third-order valence-corrected chi connectivity index (χ3v) is 8.83. The van der Waals surface area contributed by atoms with Crippen LogP contribution in [0.15, 0.2) is 57.5 Å². The maximum absolute atomic E-state index is 13.8. The van der Waals surface area contributed by atoms with Crippen LogP contribution in [0, 0.1) is 0 Å². The lowest BCUT2D eigenvalue weighted by atomic mass is 9.97. The van der Waals surface area contributed by atoms with E-state index < -0.39 is 0 Å². The second kappa shape index (κ2) is 11.3. The number of aryl methyl sites for hydroxylation is 2. The first-order valence-electron chi connectivity index (χ1n) is 11.6. The number of hydrazone groups is 1. The lowest BCUT2D eigenvalue weighted by molar-refractivity contribution is -0.118. The van der Waals surface area contributed by atoms with Crippen LogP contribution >= 0.6 is 46.3 Å². The van der Waals surface area contributed by atoms with E-state index in [-0.39, 0.29) is 17.2 Å². The number of methoxy groups -OCH3 is 1. The summed E-state index contributed by atoms with van der Waals surface area (Å²) in [5, 5.41) is 5.98. The first-order chi connectivity index (χ1) is 17.9. The molecule has 2 aromatic carbocycles. The molecule has 1 aliphatic carbocycles. The number of halogens is 2. The molecule has 1 N–H and O–H groups in total. The van der Waals surface area contributed by atoms with Crippen LogP contribution in [-0.4, -0.2) is 34.5 Å². The Kier molecular flexibility index (Phi) is 7.85. The summed E-state index contributed by atoms with van der Waals surface area (Å²) in [4.78, 5) is 33.2. The number of aromatic nitrogens is 2. The van der Waals surface area contributed by atoms with Crippen LogP contribution in [0.4, 0.5) is 0 Å². The molecule has 0 spiro atoms. The molecule has 1 aliphatic rings. The fourth-order valence-corrected chi connectivity index (χ4v) is 6.59. The van der Waals surface area contributed by atoms with Gasteiger partial charge in [-0.15, -0.1) is 11.3 Å². The summed E-state index contributed by atoms with van der Waals surface area (Å²) < 4.78 is 6.86. The molecule has 2 heterocycles. The third kappa shape index (κ3) is 5.55. The van der Waals surface area contributed by atoms with E-state index in [1.807, 2.05) is 12.1 Å². The van der Waals surface area contributed by atoms with E-state index in [1.54, 1.807) is 53.3 Å². The largest absolute Gasteiger partial charge is 0.497 e. The number of ether oxygens (including phenoxy) is 1. The second-order valence-corrected chi connectivity index (χ2v) is 11.2. The molecular formula is C26H22Cl2N4O3S2. The van der Waals surface area contributed by atoms with Gasteiger partial charge in [-0.05, 0) is 73.2 Å². The lowest BCUT2D eigenvalue weighted by Crippen LogP contribution is -2.24. The zero-order valence-corrected chi connectivity index (χ0v) is 22.9. The van der Waals surface area contributed by atoms with Crippen molar-refractivity contribution in [3.63, 3.8) is 0 Å². The Morgan fingerprint density at radius 2 is 1.97 bits per heavy atom. The number of hydrogen-bond donors (Lipinski definition) is 1. The number of carbonyl (C=O) groups is 1. The summed E-state index contributed by atoms with van der Waals surface area (Å²) in [5.41, 5.74) is 4.87. The van der Waals surface area contributed by atoms with Gasteiger partial charge in [-0.1, -0.05) is 41.0 Å². The van der Waals surface area contributed by atoms with Crippen LogP contribution in [0.5, 0.6) is 5.75 Å². The number of carbonyl (C=O) groups excluding carboxylic acids is 1. The van der Waals surface area contributed by atoms with Gasteiger partial charge in [0.25, 0.3) is 11.5 Å². The summed E-state index contributed by atoms with van der Waals surface area (Å²) in [6, 6.07) is 12.3. The summed E-state index contributed by atoms with van der Waals surface area (Å²) >= 11 is 14.7. The standard InChI is InChI=1S/C26H22Cl2N4O3S2/c1-35-17-9-7-16(8-10-17)32-25(34)23-18-4-2-3-5-21(18)37-24(23)30-26(32)36-14-22(33)31-29-13-15-6-11-19(27)20(28)12-15/h6-13H,2-5,14H2,1H3,(H,31,33). The number of rotatable bonds is 7. The van der Waals surface area contributed by atoms with Gasteiger partial charge in [-0.3, -0.25) is 14.2 Å². The van der Waals surface area contributed by atoms with Gasteiger partial charge in [0, 0.05) is 4.88 Å². The molecule has 4 aromatic rings. The molecule has 7 nitrogen and oxygen atoms in total.